The Bertz CT molecular complexity index is 2850. The van der Waals surface area contributed by atoms with Gasteiger partial charge in [-0.05, 0) is 17.7 Å². The van der Waals surface area contributed by atoms with Crippen LogP contribution < -0.4 is 0 Å². The molecule has 0 atom stereocenters. The van der Waals surface area contributed by atoms with Gasteiger partial charge in [0, 0.05) is 44.2 Å². The number of hydrogen-bond acceptors (Lipinski definition) is 7. The Morgan fingerprint density at radius 1 is 0.255 bits per heavy atom. The van der Waals surface area contributed by atoms with Crippen LogP contribution in [-0.2, 0) is 0 Å². The van der Waals surface area contributed by atoms with E-state index in [4.69, 9.17) is 34.3 Å². The molecule has 0 bridgehead atoms. The summed E-state index contributed by atoms with van der Waals surface area (Å²) < 4.78 is 6.87. The first-order valence-corrected chi connectivity index (χ1v) is 18.0. The molecule has 3 heterocycles. The fourth-order valence-corrected chi connectivity index (χ4v) is 6.92. The van der Waals surface area contributed by atoms with Crippen LogP contribution in [0, 0.1) is 0 Å². The van der Waals surface area contributed by atoms with Gasteiger partial charge in [0.05, 0.1) is 5.56 Å². The lowest BCUT2D eigenvalue weighted by Gasteiger charge is -2.10. The quantitative estimate of drug-likeness (QED) is 0.163. The molecule has 0 aliphatic rings. The van der Waals surface area contributed by atoms with Gasteiger partial charge in [-0.2, -0.15) is 0 Å². The third-order valence-electron chi connectivity index (χ3n) is 9.60. The van der Waals surface area contributed by atoms with Crippen LogP contribution >= 0.6 is 0 Å². The minimum absolute atomic E-state index is 0.541. The Morgan fingerprint density at radius 2 is 0.582 bits per heavy atom. The van der Waals surface area contributed by atoms with Gasteiger partial charge in [-0.15, -0.1) is 0 Å². The first-order chi connectivity index (χ1) is 27.2. The second-order valence-electron chi connectivity index (χ2n) is 13.1. The molecule has 7 nitrogen and oxygen atoms in total. The van der Waals surface area contributed by atoms with E-state index >= 15 is 0 Å². The predicted octanol–water partition coefficient (Wildman–Crippen LogP) is 11.6. The zero-order valence-electron chi connectivity index (χ0n) is 29.4. The summed E-state index contributed by atoms with van der Waals surface area (Å²) in [6, 6.07) is 60.7. The molecule has 258 valence electrons. The molecule has 0 spiro atoms. The predicted molar refractivity (Wildman–Crippen MR) is 219 cm³/mol. The van der Waals surface area contributed by atoms with Gasteiger partial charge in [-0.1, -0.05) is 170 Å². The third kappa shape index (κ3) is 6.09. The number of para-hydroxylation sites is 2. The average molecular weight is 707 g/mol. The smallest absolute Gasteiger partial charge is 0.167 e. The molecule has 3 aromatic heterocycles. The summed E-state index contributed by atoms with van der Waals surface area (Å²) in [5.74, 6) is 3.56. The van der Waals surface area contributed by atoms with Gasteiger partial charge in [-0.25, -0.2) is 29.9 Å². The number of furan rings is 1. The third-order valence-corrected chi connectivity index (χ3v) is 9.60. The summed E-state index contributed by atoms with van der Waals surface area (Å²) in [5.41, 5.74) is 8.74. The number of aromatic nitrogens is 6. The molecule has 7 aromatic carbocycles. The van der Waals surface area contributed by atoms with E-state index < -0.39 is 0 Å². The van der Waals surface area contributed by atoms with E-state index in [0.29, 0.717) is 40.5 Å². The van der Waals surface area contributed by atoms with Gasteiger partial charge < -0.3 is 4.42 Å². The van der Waals surface area contributed by atoms with Crippen molar-refractivity contribution in [1.82, 2.24) is 29.9 Å². The Labute approximate surface area is 316 Å². The summed E-state index contributed by atoms with van der Waals surface area (Å²) in [6.07, 6.45) is 0. The maximum Gasteiger partial charge on any atom is 0.167 e. The van der Waals surface area contributed by atoms with E-state index in [1.165, 1.54) is 0 Å². The number of fused-ring (bicyclic) bond motifs is 3. The van der Waals surface area contributed by atoms with E-state index in [-0.39, 0.29) is 0 Å². The molecule has 0 amide bonds. The Kier molecular flexibility index (Phi) is 8.00. The van der Waals surface area contributed by atoms with Crippen molar-refractivity contribution in [3.8, 4) is 79.5 Å². The van der Waals surface area contributed by atoms with Crippen molar-refractivity contribution in [2.24, 2.45) is 0 Å². The fourth-order valence-electron chi connectivity index (χ4n) is 6.92. The second-order valence-corrected chi connectivity index (χ2v) is 13.1. The van der Waals surface area contributed by atoms with Crippen molar-refractivity contribution in [1.29, 1.82) is 0 Å². The summed E-state index contributed by atoms with van der Waals surface area (Å²) in [7, 11) is 0. The van der Waals surface area contributed by atoms with Crippen LogP contribution in [0.1, 0.15) is 0 Å². The largest absolute Gasteiger partial charge is 0.455 e. The number of benzene rings is 7. The maximum atomic E-state index is 6.87. The molecule has 55 heavy (non-hydrogen) atoms. The van der Waals surface area contributed by atoms with E-state index in [9.17, 15) is 0 Å². The first kappa shape index (κ1) is 32.0. The number of rotatable bonds is 7. The molecular weight excluding hydrogens is 677 g/mol. The van der Waals surface area contributed by atoms with E-state index in [1.54, 1.807) is 0 Å². The molecule has 0 saturated carbocycles. The SMILES string of the molecule is c1ccc(-c2nc(-c3ccccc3)nc(-c3cccc(-c4cccc5c4oc4c(-c6nc(-c7ccccc7)nc(-c7ccccc7)n6)cccc45)c3)n2)cc1. The zero-order chi connectivity index (χ0) is 36.6. The van der Waals surface area contributed by atoms with Crippen molar-refractivity contribution in [3.05, 3.63) is 182 Å². The second kappa shape index (κ2) is 13.7. The van der Waals surface area contributed by atoms with Crippen molar-refractivity contribution in [2.45, 2.75) is 0 Å². The van der Waals surface area contributed by atoms with Gasteiger partial charge in [0.2, 0.25) is 0 Å². The highest BCUT2D eigenvalue weighted by molar-refractivity contribution is 6.12. The molecular formula is C48H30N6O. The Morgan fingerprint density at radius 3 is 1.04 bits per heavy atom. The molecule has 0 radical (unpaired) electrons. The van der Waals surface area contributed by atoms with Crippen LogP contribution in [0.15, 0.2) is 186 Å². The monoisotopic (exact) mass is 706 g/mol. The van der Waals surface area contributed by atoms with Crippen LogP contribution in [-0.4, -0.2) is 29.9 Å². The van der Waals surface area contributed by atoms with Gasteiger partial charge >= 0.3 is 0 Å². The topological polar surface area (TPSA) is 90.5 Å². The molecule has 10 aromatic rings. The van der Waals surface area contributed by atoms with Crippen LogP contribution in [0.5, 0.6) is 0 Å². The lowest BCUT2D eigenvalue weighted by Crippen LogP contribution is -2.00. The summed E-state index contributed by atoms with van der Waals surface area (Å²) in [5, 5.41) is 1.98. The van der Waals surface area contributed by atoms with Crippen LogP contribution in [0.25, 0.3) is 101 Å². The molecule has 0 aliphatic carbocycles. The molecule has 0 aliphatic heterocycles. The molecule has 0 N–H and O–H groups in total. The van der Waals surface area contributed by atoms with Gasteiger partial charge in [0.25, 0.3) is 0 Å². The normalized spacial score (nSPS) is 11.3. The Hall–Kier alpha value is -7.64. The van der Waals surface area contributed by atoms with E-state index in [0.717, 1.165) is 60.9 Å². The van der Waals surface area contributed by atoms with Crippen molar-refractivity contribution < 1.29 is 4.42 Å². The molecule has 7 heteroatoms. The highest BCUT2D eigenvalue weighted by Gasteiger charge is 2.20. The first-order valence-electron chi connectivity index (χ1n) is 18.0. The highest BCUT2D eigenvalue weighted by atomic mass is 16.3. The van der Waals surface area contributed by atoms with E-state index in [1.807, 2.05) is 146 Å². The standard InChI is InChI=1S/C48H30N6O/c1-5-16-31(17-6-1)43-49-44(32-18-7-2-8-19-32)52-47(51-43)36-25-13-24-35(30-36)37-26-14-27-38-39-28-15-29-40(42(39)55-41(37)38)48-53-45(33-20-9-3-10-21-33)50-46(54-48)34-22-11-4-12-23-34/h1-30H. The van der Waals surface area contributed by atoms with Crippen LogP contribution in [0.4, 0.5) is 0 Å². The fraction of sp³-hybridized carbons (Fsp3) is 0. The van der Waals surface area contributed by atoms with Crippen molar-refractivity contribution >= 4 is 21.9 Å². The Balaban J connectivity index is 1.11. The summed E-state index contributed by atoms with van der Waals surface area (Å²) in [6.45, 7) is 0. The number of hydrogen-bond donors (Lipinski definition) is 0. The van der Waals surface area contributed by atoms with E-state index in [2.05, 4.69) is 36.4 Å². The lowest BCUT2D eigenvalue weighted by molar-refractivity contribution is 0.670. The molecule has 0 unspecified atom stereocenters. The maximum absolute atomic E-state index is 6.87. The van der Waals surface area contributed by atoms with Gasteiger partial charge in [0.15, 0.2) is 34.9 Å². The van der Waals surface area contributed by atoms with Crippen LogP contribution in [0.2, 0.25) is 0 Å². The van der Waals surface area contributed by atoms with Gasteiger partial charge in [0.1, 0.15) is 11.2 Å². The molecule has 0 fully saturated rings. The zero-order valence-corrected chi connectivity index (χ0v) is 29.4. The minimum Gasteiger partial charge on any atom is -0.455 e. The summed E-state index contributed by atoms with van der Waals surface area (Å²) >= 11 is 0. The average Bonchev–Trinajstić information content (AvgIpc) is 3.67. The molecule has 0 saturated heterocycles. The van der Waals surface area contributed by atoms with Crippen molar-refractivity contribution in [2.75, 3.05) is 0 Å². The summed E-state index contributed by atoms with van der Waals surface area (Å²) in [4.78, 5) is 29.7. The lowest BCUT2D eigenvalue weighted by atomic mass is 10.00. The number of nitrogens with zero attached hydrogens (tertiary/aromatic N) is 6. The van der Waals surface area contributed by atoms with Gasteiger partial charge in [-0.3, -0.25) is 0 Å². The minimum atomic E-state index is 0.541. The van der Waals surface area contributed by atoms with Crippen LogP contribution in [0.3, 0.4) is 0 Å². The molecule has 10 rings (SSSR count). The van der Waals surface area contributed by atoms with Crippen molar-refractivity contribution in [3.63, 3.8) is 0 Å². The highest BCUT2D eigenvalue weighted by Crippen LogP contribution is 2.40.